The highest BCUT2D eigenvalue weighted by atomic mass is 32.2. The van der Waals surface area contributed by atoms with Crippen molar-refractivity contribution in [1.29, 1.82) is 0 Å². The molecule has 0 spiro atoms. The standard InChI is InChI=1S/C10H17N3O2S/c1-12-5-4-10(8-12)16(14,15)13-6-2-9(11)3-7-13/h4-5,8-9H,2-3,6-7,11H2,1H3. The molecule has 1 aliphatic rings. The van der Waals surface area contributed by atoms with Gasteiger partial charge in [0.15, 0.2) is 0 Å². The molecule has 0 bridgehead atoms. The molecule has 0 unspecified atom stereocenters. The molecule has 1 aromatic heterocycles. The molecule has 1 aromatic rings. The Balaban J connectivity index is 2.20. The van der Waals surface area contributed by atoms with E-state index >= 15 is 0 Å². The number of sulfonamides is 1. The number of nitrogens with zero attached hydrogens (tertiary/aromatic N) is 2. The van der Waals surface area contributed by atoms with Gasteiger partial charge in [-0.2, -0.15) is 4.31 Å². The minimum Gasteiger partial charge on any atom is -0.356 e. The molecule has 1 saturated heterocycles. The first-order valence-corrected chi connectivity index (χ1v) is 6.82. The number of rotatable bonds is 2. The highest BCUT2D eigenvalue weighted by molar-refractivity contribution is 7.89. The maximum atomic E-state index is 12.2. The Morgan fingerprint density at radius 3 is 2.50 bits per heavy atom. The van der Waals surface area contributed by atoms with Gasteiger partial charge in [-0.3, -0.25) is 0 Å². The van der Waals surface area contributed by atoms with Crippen molar-refractivity contribution in [3.05, 3.63) is 18.5 Å². The number of piperidine rings is 1. The van der Waals surface area contributed by atoms with Crippen LogP contribution in [0, 0.1) is 0 Å². The van der Waals surface area contributed by atoms with Gasteiger partial charge < -0.3 is 10.3 Å². The van der Waals surface area contributed by atoms with Crippen LogP contribution in [0.15, 0.2) is 23.4 Å². The average Bonchev–Trinajstić information content (AvgIpc) is 2.66. The third kappa shape index (κ3) is 2.14. The molecule has 0 aliphatic carbocycles. The van der Waals surface area contributed by atoms with E-state index in [9.17, 15) is 8.42 Å². The Morgan fingerprint density at radius 1 is 1.38 bits per heavy atom. The molecular weight excluding hydrogens is 226 g/mol. The fourth-order valence-corrected chi connectivity index (χ4v) is 3.42. The lowest BCUT2D eigenvalue weighted by atomic mass is 10.1. The largest absolute Gasteiger partial charge is 0.356 e. The Kier molecular flexibility index (Phi) is 3.05. The van der Waals surface area contributed by atoms with Crippen LogP contribution >= 0.6 is 0 Å². The Labute approximate surface area is 95.9 Å². The molecule has 0 radical (unpaired) electrons. The molecule has 6 heteroatoms. The predicted molar refractivity (Wildman–Crippen MR) is 61.4 cm³/mol. The van der Waals surface area contributed by atoms with Gasteiger partial charge in [-0.05, 0) is 18.9 Å². The molecular formula is C10H17N3O2S. The zero-order chi connectivity index (χ0) is 11.8. The maximum absolute atomic E-state index is 12.2. The zero-order valence-electron chi connectivity index (χ0n) is 9.33. The molecule has 2 N–H and O–H groups in total. The first-order chi connectivity index (χ1) is 7.50. The minimum atomic E-state index is -3.31. The first-order valence-electron chi connectivity index (χ1n) is 5.38. The summed E-state index contributed by atoms with van der Waals surface area (Å²) in [4.78, 5) is 0.366. The number of aromatic nitrogens is 1. The zero-order valence-corrected chi connectivity index (χ0v) is 10.2. The summed E-state index contributed by atoms with van der Waals surface area (Å²) in [6, 6.07) is 1.77. The summed E-state index contributed by atoms with van der Waals surface area (Å²) in [6.07, 6.45) is 4.85. The first kappa shape index (κ1) is 11.6. The van der Waals surface area contributed by atoms with Crippen LogP contribution in [-0.4, -0.2) is 36.4 Å². The van der Waals surface area contributed by atoms with Crippen molar-refractivity contribution in [1.82, 2.24) is 8.87 Å². The molecule has 1 aliphatic heterocycles. The third-order valence-electron chi connectivity index (χ3n) is 2.94. The van der Waals surface area contributed by atoms with Crippen molar-refractivity contribution >= 4 is 10.0 Å². The van der Waals surface area contributed by atoms with Gasteiger partial charge in [0, 0.05) is 38.6 Å². The molecule has 1 fully saturated rings. The smallest absolute Gasteiger partial charge is 0.244 e. The van der Waals surface area contributed by atoms with Crippen LogP contribution in [-0.2, 0) is 17.1 Å². The quantitative estimate of drug-likeness (QED) is 0.803. The van der Waals surface area contributed by atoms with Crippen LogP contribution in [0.4, 0.5) is 0 Å². The second kappa shape index (κ2) is 4.20. The van der Waals surface area contributed by atoms with E-state index in [1.165, 1.54) is 4.31 Å². The molecule has 0 atom stereocenters. The number of nitrogens with two attached hydrogens (primary N) is 1. The summed E-state index contributed by atoms with van der Waals surface area (Å²) in [7, 11) is -1.50. The fourth-order valence-electron chi connectivity index (χ4n) is 1.90. The van der Waals surface area contributed by atoms with Gasteiger partial charge in [0.2, 0.25) is 10.0 Å². The summed E-state index contributed by atoms with van der Waals surface area (Å²) < 4.78 is 27.6. The number of hydrogen-bond donors (Lipinski definition) is 1. The van der Waals surface area contributed by atoms with Gasteiger partial charge in [-0.1, -0.05) is 0 Å². The van der Waals surface area contributed by atoms with Gasteiger partial charge in [0.25, 0.3) is 0 Å². The van der Waals surface area contributed by atoms with Crippen LogP contribution in [0.5, 0.6) is 0 Å². The van der Waals surface area contributed by atoms with E-state index in [-0.39, 0.29) is 6.04 Å². The summed E-state index contributed by atoms with van der Waals surface area (Å²) in [5, 5.41) is 0. The SMILES string of the molecule is Cn1ccc(S(=O)(=O)N2CCC(N)CC2)c1. The molecule has 90 valence electrons. The van der Waals surface area contributed by atoms with Gasteiger partial charge >= 0.3 is 0 Å². The Bertz CT molecular complexity index is 458. The number of hydrogen-bond acceptors (Lipinski definition) is 3. The van der Waals surface area contributed by atoms with Crippen LogP contribution in [0.1, 0.15) is 12.8 Å². The molecule has 0 saturated carbocycles. The van der Waals surface area contributed by atoms with Gasteiger partial charge in [0.05, 0.1) is 4.90 Å². The van der Waals surface area contributed by atoms with Crippen molar-refractivity contribution in [2.24, 2.45) is 12.8 Å². The monoisotopic (exact) mass is 243 g/mol. The molecule has 2 heterocycles. The van der Waals surface area contributed by atoms with Crippen molar-refractivity contribution < 1.29 is 8.42 Å². The van der Waals surface area contributed by atoms with Crippen LogP contribution in [0.3, 0.4) is 0 Å². The second-order valence-corrected chi connectivity index (χ2v) is 6.19. The number of aryl methyl sites for hydroxylation is 1. The lowest BCUT2D eigenvalue weighted by molar-refractivity contribution is 0.320. The lowest BCUT2D eigenvalue weighted by Crippen LogP contribution is -2.42. The van der Waals surface area contributed by atoms with Gasteiger partial charge in [-0.15, -0.1) is 0 Å². The summed E-state index contributed by atoms with van der Waals surface area (Å²) in [6.45, 7) is 1.05. The van der Waals surface area contributed by atoms with E-state index in [4.69, 9.17) is 5.73 Å². The highest BCUT2D eigenvalue weighted by Crippen LogP contribution is 2.19. The fraction of sp³-hybridized carbons (Fsp3) is 0.600. The second-order valence-electron chi connectivity index (χ2n) is 4.25. The summed E-state index contributed by atoms with van der Waals surface area (Å²) in [5.74, 6) is 0. The van der Waals surface area contributed by atoms with E-state index in [0.29, 0.717) is 18.0 Å². The topological polar surface area (TPSA) is 68.3 Å². The minimum absolute atomic E-state index is 0.141. The van der Waals surface area contributed by atoms with E-state index in [2.05, 4.69) is 0 Å². The third-order valence-corrected chi connectivity index (χ3v) is 4.82. The molecule has 2 rings (SSSR count). The van der Waals surface area contributed by atoms with Gasteiger partial charge in [0.1, 0.15) is 0 Å². The maximum Gasteiger partial charge on any atom is 0.244 e. The van der Waals surface area contributed by atoms with E-state index < -0.39 is 10.0 Å². The Morgan fingerprint density at radius 2 is 2.00 bits per heavy atom. The molecule has 16 heavy (non-hydrogen) atoms. The normalized spacial score (nSPS) is 20.1. The highest BCUT2D eigenvalue weighted by Gasteiger charge is 2.28. The van der Waals surface area contributed by atoms with Crippen molar-refractivity contribution in [2.75, 3.05) is 13.1 Å². The Hall–Kier alpha value is -0.850. The average molecular weight is 243 g/mol. The summed E-state index contributed by atoms with van der Waals surface area (Å²) in [5.41, 5.74) is 5.76. The van der Waals surface area contributed by atoms with E-state index in [0.717, 1.165) is 12.8 Å². The van der Waals surface area contributed by atoms with Crippen molar-refractivity contribution in [2.45, 2.75) is 23.8 Å². The molecule has 0 aromatic carbocycles. The molecule has 5 nitrogen and oxygen atoms in total. The van der Waals surface area contributed by atoms with Gasteiger partial charge in [-0.25, -0.2) is 8.42 Å². The van der Waals surface area contributed by atoms with E-state index in [1.54, 1.807) is 23.0 Å². The van der Waals surface area contributed by atoms with Crippen molar-refractivity contribution in [3.63, 3.8) is 0 Å². The lowest BCUT2D eigenvalue weighted by Gasteiger charge is -2.28. The van der Waals surface area contributed by atoms with Crippen LogP contribution < -0.4 is 5.73 Å². The molecule has 0 amide bonds. The van der Waals surface area contributed by atoms with Crippen LogP contribution in [0.25, 0.3) is 0 Å². The van der Waals surface area contributed by atoms with E-state index in [1.807, 2.05) is 7.05 Å². The predicted octanol–water partition coefficient (Wildman–Crippen LogP) is 0.137. The van der Waals surface area contributed by atoms with Crippen LogP contribution in [0.2, 0.25) is 0 Å². The van der Waals surface area contributed by atoms with Crippen molar-refractivity contribution in [3.8, 4) is 0 Å². The summed E-state index contributed by atoms with van der Waals surface area (Å²) >= 11 is 0.